The van der Waals surface area contributed by atoms with E-state index >= 15 is 0 Å². The highest BCUT2D eigenvalue weighted by atomic mass is 35.5. The van der Waals surface area contributed by atoms with Gasteiger partial charge in [0, 0.05) is 11.3 Å². The third kappa shape index (κ3) is 7.84. The Balaban J connectivity index is 0.00000137. The van der Waals surface area contributed by atoms with Crippen LogP contribution in [0.5, 0.6) is 0 Å². The molecular weight excluding hydrogens is 491 g/mol. The van der Waals surface area contributed by atoms with Crippen LogP contribution in [0.1, 0.15) is 35.6 Å². The Morgan fingerprint density at radius 1 is 0.943 bits per heavy atom. The third-order valence-corrected chi connectivity index (χ3v) is 5.66. The number of amides is 2. The Hall–Kier alpha value is -3.88. The fourth-order valence-electron chi connectivity index (χ4n) is 3.18. The quantitative estimate of drug-likeness (QED) is 0.135. The van der Waals surface area contributed by atoms with Crippen molar-refractivity contribution in [2.45, 2.75) is 18.9 Å². The van der Waals surface area contributed by atoms with Gasteiger partial charge < -0.3 is 21.5 Å². The van der Waals surface area contributed by atoms with Crippen LogP contribution in [0, 0.1) is 5.41 Å². The van der Waals surface area contributed by atoms with E-state index in [9.17, 15) is 9.59 Å². The van der Waals surface area contributed by atoms with Crippen LogP contribution < -0.4 is 16.4 Å². The molecule has 0 aliphatic heterocycles. The van der Waals surface area contributed by atoms with Crippen LogP contribution in [0.4, 0.5) is 5.69 Å². The molecule has 0 radical (unpaired) electrons. The zero-order valence-electron chi connectivity index (χ0n) is 18.7. The molecule has 3 aromatic carbocycles. The van der Waals surface area contributed by atoms with E-state index in [2.05, 4.69) is 10.6 Å². The number of anilines is 1. The Kier molecular flexibility index (Phi) is 10.3. The molecule has 0 bridgehead atoms. The predicted molar refractivity (Wildman–Crippen MR) is 137 cm³/mol. The van der Waals surface area contributed by atoms with Crippen LogP contribution in [0.15, 0.2) is 72.8 Å². The van der Waals surface area contributed by atoms with Gasteiger partial charge in [0.05, 0.1) is 16.1 Å². The summed E-state index contributed by atoms with van der Waals surface area (Å²) >= 11 is 12.1. The number of hydrogen-bond donors (Lipinski definition) is 5. The van der Waals surface area contributed by atoms with Crippen LogP contribution >= 0.6 is 23.2 Å². The Morgan fingerprint density at radius 2 is 1.54 bits per heavy atom. The van der Waals surface area contributed by atoms with Crippen LogP contribution in [0.25, 0.3) is 0 Å². The lowest BCUT2D eigenvalue weighted by Gasteiger charge is -2.21. The maximum atomic E-state index is 13.2. The van der Waals surface area contributed by atoms with Gasteiger partial charge in [0.2, 0.25) is 11.8 Å². The van der Waals surface area contributed by atoms with Gasteiger partial charge >= 0.3 is 0 Å². The number of hydrogen-bond acceptors (Lipinski definition) is 4. The van der Waals surface area contributed by atoms with Crippen LogP contribution in [-0.4, -0.2) is 29.2 Å². The molecule has 0 saturated carbocycles. The summed E-state index contributed by atoms with van der Waals surface area (Å²) in [6.45, 7) is 1.55. The minimum atomic E-state index is -1.08. The molecule has 0 heterocycles. The molecule has 2 atom stereocenters. The molecule has 0 aromatic heterocycles. The van der Waals surface area contributed by atoms with Crippen molar-refractivity contribution in [2.24, 2.45) is 5.73 Å². The number of amidine groups is 1. The smallest absolute Gasteiger partial charge is 0.290 e. The lowest BCUT2D eigenvalue weighted by Crippen LogP contribution is -2.37. The minimum Gasteiger partial charge on any atom is -0.483 e. The molecule has 0 spiro atoms. The number of carbonyl (C=O) groups excluding carboxylic acids is 2. The zero-order valence-corrected chi connectivity index (χ0v) is 20.2. The van der Waals surface area contributed by atoms with Gasteiger partial charge in [0.15, 0.2) is 0 Å². The van der Waals surface area contributed by atoms with Crippen molar-refractivity contribution in [3.63, 3.8) is 0 Å². The van der Waals surface area contributed by atoms with Crippen molar-refractivity contribution in [2.75, 3.05) is 5.32 Å². The van der Waals surface area contributed by atoms with Crippen LogP contribution in [0.2, 0.25) is 10.0 Å². The number of carboxylic acid groups (broad SMARTS) is 1. The minimum absolute atomic E-state index is 0.0688. The first kappa shape index (κ1) is 27.4. The summed E-state index contributed by atoms with van der Waals surface area (Å²) in [5.41, 5.74) is 7.82. The monoisotopic (exact) mass is 514 g/mol. The number of nitrogens with two attached hydrogens (primary N) is 1. The van der Waals surface area contributed by atoms with E-state index in [0.717, 1.165) is 5.56 Å². The molecule has 182 valence electrons. The summed E-state index contributed by atoms with van der Waals surface area (Å²) < 4.78 is 0. The summed E-state index contributed by atoms with van der Waals surface area (Å²) in [4.78, 5) is 34.7. The molecule has 35 heavy (non-hydrogen) atoms. The molecule has 0 aliphatic carbocycles. The third-order valence-electron chi connectivity index (χ3n) is 4.92. The summed E-state index contributed by atoms with van der Waals surface area (Å²) in [6.07, 6.45) is 0. The van der Waals surface area contributed by atoms with Gasteiger partial charge in [-0.15, -0.1) is 0 Å². The number of benzene rings is 3. The van der Waals surface area contributed by atoms with E-state index in [1.807, 2.05) is 6.07 Å². The average Bonchev–Trinajstić information content (AvgIpc) is 2.82. The first-order valence-corrected chi connectivity index (χ1v) is 11.1. The highest BCUT2D eigenvalue weighted by Crippen LogP contribution is 2.26. The second-order valence-electron chi connectivity index (χ2n) is 7.33. The Labute approximate surface area is 212 Å². The fourth-order valence-corrected chi connectivity index (χ4v) is 3.48. The SMILES string of the molecule is CC(NC(=O)C(C(=O)Nc1ccc(C(=N)N)cc1)c1ccccc1)c1ccc(Cl)c(Cl)c1.O=CO. The van der Waals surface area contributed by atoms with Gasteiger partial charge in [-0.3, -0.25) is 19.8 Å². The van der Waals surface area contributed by atoms with Gasteiger partial charge in [0.1, 0.15) is 11.8 Å². The second kappa shape index (κ2) is 13.1. The van der Waals surface area contributed by atoms with Crippen molar-refractivity contribution in [3.05, 3.63) is 99.5 Å². The Bertz CT molecular complexity index is 1190. The summed E-state index contributed by atoms with van der Waals surface area (Å²) in [5, 5.41) is 20.8. The lowest BCUT2D eigenvalue weighted by molar-refractivity contribution is -0.129. The molecule has 0 saturated heterocycles. The molecule has 0 fully saturated rings. The molecule has 2 amide bonds. The zero-order chi connectivity index (χ0) is 26.0. The van der Waals surface area contributed by atoms with Crippen molar-refractivity contribution in [3.8, 4) is 0 Å². The number of halogens is 2. The molecule has 0 aliphatic rings. The van der Waals surface area contributed by atoms with Gasteiger partial charge in [-0.2, -0.15) is 0 Å². The fraction of sp³-hybridized carbons (Fsp3) is 0.120. The summed E-state index contributed by atoms with van der Waals surface area (Å²) in [7, 11) is 0. The van der Waals surface area contributed by atoms with E-state index in [0.29, 0.717) is 26.9 Å². The van der Waals surface area contributed by atoms with Gasteiger partial charge in [0.25, 0.3) is 6.47 Å². The van der Waals surface area contributed by atoms with Crippen molar-refractivity contribution >= 4 is 53.0 Å². The van der Waals surface area contributed by atoms with Crippen molar-refractivity contribution in [1.82, 2.24) is 5.32 Å². The van der Waals surface area contributed by atoms with Gasteiger partial charge in [-0.25, -0.2) is 0 Å². The molecule has 3 rings (SSSR count). The maximum absolute atomic E-state index is 13.2. The lowest BCUT2D eigenvalue weighted by atomic mass is 9.96. The first-order valence-electron chi connectivity index (χ1n) is 10.3. The topological polar surface area (TPSA) is 145 Å². The molecule has 8 nitrogen and oxygen atoms in total. The largest absolute Gasteiger partial charge is 0.483 e. The van der Waals surface area contributed by atoms with Gasteiger partial charge in [-0.05, 0) is 54.4 Å². The number of nitrogens with one attached hydrogen (secondary N) is 3. The van der Waals surface area contributed by atoms with E-state index in [1.54, 1.807) is 73.7 Å². The van der Waals surface area contributed by atoms with E-state index < -0.39 is 23.8 Å². The molecule has 6 N–H and O–H groups in total. The Morgan fingerprint density at radius 3 is 2.09 bits per heavy atom. The van der Waals surface area contributed by atoms with Crippen LogP contribution in [0.3, 0.4) is 0 Å². The molecular formula is C25H24Cl2N4O4. The van der Waals surface area contributed by atoms with Gasteiger partial charge in [-0.1, -0.05) is 59.6 Å². The maximum Gasteiger partial charge on any atom is 0.290 e. The molecule has 3 aromatic rings. The molecule has 2 unspecified atom stereocenters. The number of nitrogen functional groups attached to an aromatic ring is 1. The van der Waals surface area contributed by atoms with E-state index in [1.165, 1.54) is 0 Å². The van der Waals surface area contributed by atoms with E-state index in [4.69, 9.17) is 44.2 Å². The number of rotatable bonds is 7. The van der Waals surface area contributed by atoms with Crippen molar-refractivity contribution < 1.29 is 19.5 Å². The summed E-state index contributed by atoms with van der Waals surface area (Å²) in [6, 6.07) is 20.0. The van der Waals surface area contributed by atoms with E-state index in [-0.39, 0.29) is 12.3 Å². The summed E-state index contributed by atoms with van der Waals surface area (Å²) in [5.74, 6) is -2.08. The number of carbonyl (C=O) groups is 3. The normalized spacial score (nSPS) is 11.7. The van der Waals surface area contributed by atoms with Crippen molar-refractivity contribution in [1.29, 1.82) is 5.41 Å². The predicted octanol–water partition coefficient (Wildman–Crippen LogP) is 4.58. The van der Waals surface area contributed by atoms with Crippen LogP contribution in [-0.2, 0) is 14.4 Å². The second-order valence-corrected chi connectivity index (χ2v) is 8.15. The standard InChI is InChI=1S/C24H22Cl2N4O2.CH2O2/c1-14(17-9-12-19(25)20(26)13-17)29-23(31)21(15-5-3-2-4-6-15)24(32)30-18-10-7-16(8-11-18)22(27)28;2-1-3/h2-14,21H,1H3,(H3,27,28)(H,29,31)(H,30,32);1H,(H,2,3). The first-order chi connectivity index (χ1) is 16.7. The average molecular weight is 515 g/mol. The molecule has 10 heteroatoms. The highest BCUT2D eigenvalue weighted by Gasteiger charge is 2.29. The highest BCUT2D eigenvalue weighted by molar-refractivity contribution is 6.42.